The lowest BCUT2D eigenvalue weighted by Gasteiger charge is -1.99. The fourth-order valence-electron chi connectivity index (χ4n) is 1.75. The number of aromatic nitrogens is 3. The Morgan fingerprint density at radius 1 is 1.00 bits per heavy atom. The van der Waals surface area contributed by atoms with Gasteiger partial charge in [0.1, 0.15) is 0 Å². The van der Waals surface area contributed by atoms with Gasteiger partial charge in [-0.25, -0.2) is 9.67 Å². The molecule has 0 bridgehead atoms. The van der Waals surface area contributed by atoms with Crippen LogP contribution in [0.5, 0.6) is 0 Å². The molecule has 0 aliphatic rings. The zero-order chi connectivity index (χ0) is 12.4. The largest absolute Gasteiger partial charge is 0.237 e. The molecule has 0 aliphatic carbocycles. The Kier molecular flexibility index (Phi) is 2.82. The van der Waals surface area contributed by atoms with E-state index in [9.17, 15) is 0 Å². The molecule has 3 rings (SSSR count). The lowest BCUT2D eigenvalue weighted by Crippen LogP contribution is -1.95. The zero-order valence-electron chi connectivity index (χ0n) is 9.49. The van der Waals surface area contributed by atoms with Crippen molar-refractivity contribution in [2.24, 2.45) is 0 Å². The number of hydrogen-bond donors (Lipinski definition) is 0. The molecule has 0 spiro atoms. The second-order valence-electron chi connectivity index (χ2n) is 3.87. The van der Waals surface area contributed by atoms with Crippen LogP contribution in [-0.4, -0.2) is 14.8 Å². The lowest BCUT2D eigenvalue weighted by atomic mass is 10.1. The van der Waals surface area contributed by atoms with E-state index in [2.05, 4.69) is 10.1 Å². The Hall–Kier alpha value is -2.13. The average molecular weight is 256 g/mol. The van der Waals surface area contributed by atoms with Crippen molar-refractivity contribution in [3.05, 3.63) is 66.1 Å². The fraction of sp³-hybridized carbons (Fsp3) is 0. The van der Waals surface area contributed by atoms with Gasteiger partial charge in [-0.2, -0.15) is 5.10 Å². The molecule has 0 fully saturated rings. The van der Waals surface area contributed by atoms with Crippen molar-refractivity contribution in [2.45, 2.75) is 0 Å². The standard InChI is InChI=1S/C14H10ClN3/c15-13-5-3-4-11(8-13)12-9-17-18(10-12)14-6-1-2-7-16-14/h1-10H. The van der Waals surface area contributed by atoms with Crippen LogP contribution in [0.15, 0.2) is 61.1 Å². The SMILES string of the molecule is Clc1cccc(-c2cnn(-c3ccccn3)c2)c1. The van der Waals surface area contributed by atoms with Gasteiger partial charge in [-0.05, 0) is 29.8 Å². The third-order valence-electron chi connectivity index (χ3n) is 2.62. The normalized spacial score (nSPS) is 10.5. The Balaban J connectivity index is 2.00. The average Bonchev–Trinajstić information content (AvgIpc) is 2.89. The van der Waals surface area contributed by atoms with Gasteiger partial charge in [0, 0.05) is 23.0 Å². The number of benzene rings is 1. The molecule has 88 valence electrons. The number of nitrogens with zero attached hydrogens (tertiary/aromatic N) is 3. The molecule has 2 aromatic heterocycles. The van der Waals surface area contributed by atoms with E-state index in [1.54, 1.807) is 17.1 Å². The number of halogens is 1. The minimum Gasteiger partial charge on any atom is -0.237 e. The maximum absolute atomic E-state index is 5.98. The summed E-state index contributed by atoms with van der Waals surface area (Å²) in [5.41, 5.74) is 2.06. The van der Waals surface area contributed by atoms with Gasteiger partial charge in [-0.1, -0.05) is 29.8 Å². The number of rotatable bonds is 2. The van der Waals surface area contributed by atoms with Gasteiger partial charge in [0.2, 0.25) is 0 Å². The molecule has 4 heteroatoms. The van der Waals surface area contributed by atoms with E-state index in [1.165, 1.54) is 0 Å². The van der Waals surface area contributed by atoms with E-state index >= 15 is 0 Å². The second-order valence-corrected chi connectivity index (χ2v) is 4.31. The minimum atomic E-state index is 0.720. The van der Waals surface area contributed by atoms with Crippen LogP contribution in [0.1, 0.15) is 0 Å². The summed E-state index contributed by atoms with van der Waals surface area (Å²) in [6.45, 7) is 0. The van der Waals surface area contributed by atoms with E-state index in [4.69, 9.17) is 11.6 Å². The molecule has 1 aromatic carbocycles. The van der Waals surface area contributed by atoms with Gasteiger partial charge < -0.3 is 0 Å². The second kappa shape index (κ2) is 4.63. The molecule has 3 aromatic rings. The van der Waals surface area contributed by atoms with E-state index in [0.717, 1.165) is 22.0 Å². The molecule has 3 nitrogen and oxygen atoms in total. The lowest BCUT2D eigenvalue weighted by molar-refractivity contribution is 0.847. The summed E-state index contributed by atoms with van der Waals surface area (Å²) >= 11 is 5.98. The number of pyridine rings is 1. The molecular weight excluding hydrogens is 246 g/mol. The highest BCUT2D eigenvalue weighted by molar-refractivity contribution is 6.30. The monoisotopic (exact) mass is 255 g/mol. The highest BCUT2D eigenvalue weighted by Crippen LogP contribution is 2.22. The molecule has 0 atom stereocenters. The predicted molar refractivity (Wildman–Crippen MR) is 71.8 cm³/mol. The van der Waals surface area contributed by atoms with Crippen LogP contribution in [0.3, 0.4) is 0 Å². The maximum atomic E-state index is 5.98. The highest BCUT2D eigenvalue weighted by Gasteiger charge is 2.04. The van der Waals surface area contributed by atoms with Crippen LogP contribution in [0, 0.1) is 0 Å². The molecule has 0 unspecified atom stereocenters. The first-order valence-electron chi connectivity index (χ1n) is 5.55. The van der Waals surface area contributed by atoms with Crippen molar-refractivity contribution in [3.8, 4) is 16.9 Å². The van der Waals surface area contributed by atoms with Crippen LogP contribution in [-0.2, 0) is 0 Å². The maximum Gasteiger partial charge on any atom is 0.153 e. The summed E-state index contributed by atoms with van der Waals surface area (Å²) in [5, 5.41) is 5.02. The Morgan fingerprint density at radius 2 is 1.94 bits per heavy atom. The quantitative estimate of drug-likeness (QED) is 0.701. The molecule has 0 aliphatic heterocycles. The molecule has 2 heterocycles. The van der Waals surface area contributed by atoms with Crippen molar-refractivity contribution in [1.29, 1.82) is 0 Å². The molecular formula is C14H10ClN3. The highest BCUT2D eigenvalue weighted by atomic mass is 35.5. The van der Waals surface area contributed by atoms with Gasteiger partial charge in [0.05, 0.1) is 6.20 Å². The first-order valence-corrected chi connectivity index (χ1v) is 5.93. The van der Waals surface area contributed by atoms with Crippen molar-refractivity contribution in [2.75, 3.05) is 0 Å². The summed E-state index contributed by atoms with van der Waals surface area (Å²) in [4.78, 5) is 4.25. The molecule has 0 amide bonds. The van der Waals surface area contributed by atoms with Crippen LogP contribution in [0.25, 0.3) is 16.9 Å². The Morgan fingerprint density at radius 3 is 2.72 bits per heavy atom. The summed E-state index contributed by atoms with van der Waals surface area (Å²) in [5.74, 6) is 0.797. The van der Waals surface area contributed by atoms with Crippen molar-refractivity contribution >= 4 is 11.6 Å². The van der Waals surface area contributed by atoms with Gasteiger partial charge in [-0.3, -0.25) is 0 Å². The molecule has 0 saturated carbocycles. The zero-order valence-corrected chi connectivity index (χ0v) is 10.2. The van der Waals surface area contributed by atoms with Crippen molar-refractivity contribution in [3.63, 3.8) is 0 Å². The molecule has 0 radical (unpaired) electrons. The van der Waals surface area contributed by atoms with E-state index in [0.29, 0.717) is 0 Å². The summed E-state index contributed by atoms with van der Waals surface area (Å²) in [7, 11) is 0. The fourth-order valence-corrected chi connectivity index (χ4v) is 1.94. The van der Waals surface area contributed by atoms with Gasteiger partial charge in [-0.15, -0.1) is 0 Å². The first-order chi connectivity index (χ1) is 8.83. The smallest absolute Gasteiger partial charge is 0.153 e. The van der Waals surface area contributed by atoms with Gasteiger partial charge in [0.25, 0.3) is 0 Å². The Labute approximate surface area is 110 Å². The van der Waals surface area contributed by atoms with E-state index in [1.807, 2.05) is 48.7 Å². The minimum absolute atomic E-state index is 0.720. The van der Waals surface area contributed by atoms with Crippen LogP contribution >= 0.6 is 11.6 Å². The topological polar surface area (TPSA) is 30.7 Å². The van der Waals surface area contributed by atoms with Crippen LogP contribution < -0.4 is 0 Å². The predicted octanol–water partition coefficient (Wildman–Crippen LogP) is 3.59. The third kappa shape index (κ3) is 2.13. The molecule has 18 heavy (non-hydrogen) atoms. The van der Waals surface area contributed by atoms with Crippen molar-refractivity contribution < 1.29 is 0 Å². The number of hydrogen-bond acceptors (Lipinski definition) is 2. The van der Waals surface area contributed by atoms with Gasteiger partial charge in [0.15, 0.2) is 5.82 Å². The first kappa shape index (κ1) is 11.0. The Bertz CT molecular complexity index is 662. The van der Waals surface area contributed by atoms with E-state index in [-0.39, 0.29) is 0 Å². The van der Waals surface area contributed by atoms with Crippen LogP contribution in [0.2, 0.25) is 5.02 Å². The van der Waals surface area contributed by atoms with Crippen LogP contribution in [0.4, 0.5) is 0 Å². The summed E-state index contributed by atoms with van der Waals surface area (Å²) in [6.07, 6.45) is 5.49. The molecule has 0 N–H and O–H groups in total. The summed E-state index contributed by atoms with van der Waals surface area (Å²) < 4.78 is 1.75. The third-order valence-corrected chi connectivity index (χ3v) is 2.86. The van der Waals surface area contributed by atoms with E-state index < -0.39 is 0 Å². The van der Waals surface area contributed by atoms with Gasteiger partial charge >= 0.3 is 0 Å². The van der Waals surface area contributed by atoms with Crippen molar-refractivity contribution in [1.82, 2.24) is 14.8 Å². The summed E-state index contributed by atoms with van der Waals surface area (Å²) in [6, 6.07) is 13.4. The molecule has 0 saturated heterocycles.